The Morgan fingerprint density at radius 2 is 2.19 bits per heavy atom. The van der Waals surface area contributed by atoms with E-state index in [2.05, 4.69) is 12.2 Å². The summed E-state index contributed by atoms with van der Waals surface area (Å²) < 4.78 is 16.1. The van der Waals surface area contributed by atoms with Crippen molar-refractivity contribution in [2.45, 2.75) is 37.8 Å². The van der Waals surface area contributed by atoms with Gasteiger partial charge >= 0.3 is 5.97 Å². The van der Waals surface area contributed by atoms with Gasteiger partial charge in [-0.1, -0.05) is 19.1 Å². The van der Waals surface area contributed by atoms with Gasteiger partial charge in [-0.15, -0.1) is 0 Å². The van der Waals surface area contributed by atoms with E-state index in [0.29, 0.717) is 25.2 Å². The number of carbonyl (C=O) groups excluding carboxylic acids is 1. The summed E-state index contributed by atoms with van der Waals surface area (Å²) >= 11 is 0. The number of rotatable bonds is 5. The summed E-state index contributed by atoms with van der Waals surface area (Å²) in [5.74, 6) is 0.454. The van der Waals surface area contributed by atoms with Crippen LogP contribution in [0.15, 0.2) is 24.3 Å². The Morgan fingerprint density at radius 1 is 1.43 bits per heavy atom. The summed E-state index contributed by atoms with van der Waals surface area (Å²) in [6, 6.07) is 7.57. The van der Waals surface area contributed by atoms with Gasteiger partial charge in [-0.3, -0.25) is 0 Å². The molecule has 0 aliphatic carbocycles. The highest BCUT2D eigenvalue weighted by atomic mass is 16.5. The van der Waals surface area contributed by atoms with Gasteiger partial charge < -0.3 is 19.5 Å². The molecule has 0 radical (unpaired) electrons. The fraction of sp³-hybridized carbons (Fsp3) is 0.562. The van der Waals surface area contributed by atoms with Gasteiger partial charge in [0.05, 0.1) is 26.0 Å². The van der Waals surface area contributed by atoms with Crippen molar-refractivity contribution >= 4 is 11.7 Å². The Hall–Kier alpha value is -1.75. The Kier molecular flexibility index (Phi) is 5.07. The smallest absolute Gasteiger partial charge is 0.331 e. The summed E-state index contributed by atoms with van der Waals surface area (Å²) in [5.41, 5.74) is 0.0321. The molecule has 1 aromatic carbocycles. The van der Waals surface area contributed by atoms with E-state index in [1.807, 2.05) is 24.3 Å². The molecule has 1 aliphatic rings. The molecule has 2 unspecified atom stereocenters. The number of esters is 1. The highest BCUT2D eigenvalue weighted by Gasteiger charge is 2.44. The highest BCUT2D eigenvalue weighted by Crippen LogP contribution is 2.34. The van der Waals surface area contributed by atoms with Gasteiger partial charge in [0.25, 0.3) is 0 Å². The fourth-order valence-electron chi connectivity index (χ4n) is 2.76. The zero-order valence-electron chi connectivity index (χ0n) is 12.8. The summed E-state index contributed by atoms with van der Waals surface area (Å²) in [6.45, 7) is 2.59. The molecule has 1 aromatic rings. The van der Waals surface area contributed by atoms with Crippen LogP contribution in [0.1, 0.15) is 26.2 Å². The quantitative estimate of drug-likeness (QED) is 0.846. The van der Waals surface area contributed by atoms with Gasteiger partial charge in [0.2, 0.25) is 0 Å². The van der Waals surface area contributed by atoms with Gasteiger partial charge in [0.1, 0.15) is 11.3 Å². The van der Waals surface area contributed by atoms with Crippen molar-refractivity contribution in [3.05, 3.63) is 24.3 Å². The molecular weight excluding hydrogens is 270 g/mol. The first-order chi connectivity index (χ1) is 10.1. The van der Waals surface area contributed by atoms with Crippen molar-refractivity contribution in [1.29, 1.82) is 0 Å². The molecule has 5 nitrogen and oxygen atoms in total. The van der Waals surface area contributed by atoms with Gasteiger partial charge in [-0.25, -0.2) is 4.79 Å². The van der Waals surface area contributed by atoms with E-state index < -0.39 is 5.54 Å². The molecule has 2 rings (SSSR count). The SMILES string of the molecule is CCC1CC(Nc2ccccc2OC)(C(=O)OC)CCO1. The number of methoxy groups -OCH3 is 2. The van der Waals surface area contributed by atoms with E-state index in [-0.39, 0.29) is 12.1 Å². The molecular formula is C16H23NO4. The van der Waals surface area contributed by atoms with Crippen molar-refractivity contribution in [2.75, 3.05) is 26.1 Å². The third kappa shape index (κ3) is 3.29. The van der Waals surface area contributed by atoms with Gasteiger partial charge in [0, 0.05) is 19.4 Å². The van der Waals surface area contributed by atoms with Crippen LogP contribution in [0.5, 0.6) is 5.75 Å². The van der Waals surface area contributed by atoms with Gasteiger partial charge in [-0.2, -0.15) is 0 Å². The number of hydrogen-bond donors (Lipinski definition) is 1. The molecule has 116 valence electrons. The van der Waals surface area contributed by atoms with Crippen LogP contribution in [0.4, 0.5) is 5.69 Å². The van der Waals surface area contributed by atoms with E-state index in [1.54, 1.807) is 7.11 Å². The summed E-state index contributed by atoms with van der Waals surface area (Å²) in [6.07, 6.45) is 2.09. The van der Waals surface area contributed by atoms with Gasteiger partial charge in [-0.05, 0) is 18.6 Å². The molecule has 0 saturated carbocycles. The average Bonchev–Trinajstić information content (AvgIpc) is 2.54. The Balaban J connectivity index is 2.30. The molecule has 1 heterocycles. The van der Waals surface area contributed by atoms with Crippen LogP contribution in [0.25, 0.3) is 0 Å². The molecule has 5 heteroatoms. The zero-order valence-corrected chi connectivity index (χ0v) is 12.8. The van der Waals surface area contributed by atoms with Crippen LogP contribution in [0.3, 0.4) is 0 Å². The predicted molar refractivity (Wildman–Crippen MR) is 80.6 cm³/mol. The third-order valence-electron chi connectivity index (χ3n) is 3.97. The lowest BCUT2D eigenvalue weighted by Gasteiger charge is -2.39. The van der Waals surface area contributed by atoms with Crippen LogP contribution in [-0.4, -0.2) is 38.4 Å². The summed E-state index contributed by atoms with van der Waals surface area (Å²) in [4.78, 5) is 12.4. The molecule has 2 atom stereocenters. The Bertz CT molecular complexity index is 491. The van der Waals surface area contributed by atoms with Crippen molar-refractivity contribution in [3.63, 3.8) is 0 Å². The number of ether oxygens (including phenoxy) is 3. The Labute approximate surface area is 125 Å². The minimum absolute atomic E-state index is 0.0556. The van der Waals surface area contributed by atoms with Crippen molar-refractivity contribution in [3.8, 4) is 5.75 Å². The molecule has 1 aliphatic heterocycles. The fourth-order valence-corrected chi connectivity index (χ4v) is 2.76. The first-order valence-corrected chi connectivity index (χ1v) is 7.26. The molecule has 0 bridgehead atoms. The minimum Gasteiger partial charge on any atom is -0.495 e. The standard InChI is InChI=1S/C16H23NO4/c1-4-12-11-16(9-10-21-12,15(18)20-3)17-13-7-5-6-8-14(13)19-2/h5-8,12,17H,4,9-11H2,1-3H3. The van der Waals surface area contributed by atoms with Crippen molar-refractivity contribution < 1.29 is 19.0 Å². The zero-order chi connectivity index (χ0) is 15.3. The monoisotopic (exact) mass is 293 g/mol. The lowest BCUT2D eigenvalue weighted by Crippen LogP contribution is -2.53. The van der Waals surface area contributed by atoms with E-state index in [4.69, 9.17) is 14.2 Å². The first kappa shape index (κ1) is 15.6. The van der Waals surface area contributed by atoms with Crippen LogP contribution < -0.4 is 10.1 Å². The second kappa shape index (κ2) is 6.80. The number of hydrogen-bond acceptors (Lipinski definition) is 5. The second-order valence-electron chi connectivity index (χ2n) is 5.25. The number of para-hydroxylation sites is 2. The molecule has 0 amide bonds. The molecule has 1 fully saturated rings. The summed E-state index contributed by atoms with van der Waals surface area (Å²) in [7, 11) is 3.04. The van der Waals surface area contributed by atoms with E-state index >= 15 is 0 Å². The number of nitrogens with one attached hydrogen (secondary N) is 1. The third-order valence-corrected chi connectivity index (χ3v) is 3.97. The number of carbonyl (C=O) groups is 1. The van der Waals surface area contributed by atoms with E-state index in [1.165, 1.54) is 7.11 Å². The number of benzene rings is 1. The molecule has 1 N–H and O–H groups in total. The molecule has 21 heavy (non-hydrogen) atoms. The lowest BCUT2D eigenvalue weighted by atomic mass is 9.85. The lowest BCUT2D eigenvalue weighted by molar-refractivity contribution is -0.151. The maximum Gasteiger partial charge on any atom is 0.331 e. The van der Waals surface area contributed by atoms with Crippen LogP contribution in [-0.2, 0) is 14.3 Å². The Morgan fingerprint density at radius 3 is 2.86 bits per heavy atom. The van der Waals surface area contributed by atoms with Crippen LogP contribution in [0.2, 0.25) is 0 Å². The van der Waals surface area contributed by atoms with Crippen molar-refractivity contribution in [2.24, 2.45) is 0 Å². The maximum atomic E-state index is 12.4. The molecule has 1 saturated heterocycles. The van der Waals surface area contributed by atoms with E-state index in [9.17, 15) is 4.79 Å². The largest absolute Gasteiger partial charge is 0.495 e. The number of anilines is 1. The van der Waals surface area contributed by atoms with Crippen LogP contribution in [0, 0.1) is 0 Å². The summed E-state index contributed by atoms with van der Waals surface area (Å²) in [5, 5.41) is 3.35. The first-order valence-electron chi connectivity index (χ1n) is 7.26. The normalized spacial score (nSPS) is 25.2. The topological polar surface area (TPSA) is 56.8 Å². The predicted octanol–water partition coefficient (Wildman–Crippen LogP) is 2.61. The molecule has 0 aromatic heterocycles. The van der Waals surface area contributed by atoms with Crippen molar-refractivity contribution in [1.82, 2.24) is 0 Å². The second-order valence-corrected chi connectivity index (χ2v) is 5.25. The van der Waals surface area contributed by atoms with Gasteiger partial charge in [0.15, 0.2) is 0 Å². The van der Waals surface area contributed by atoms with Crippen LogP contribution >= 0.6 is 0 Å². The minimum atomic E-state index is -0.762. The molecule has 0 spiro atoms. The average molecular weight is 293 g/mol. The maximum absolute atomic E-state index is 12.4. The van der Waals surface area contributed by atoms with E-state index in [0.717, 1.165) is 12.1 Å². The highest BCUT2D eigenvalue weighted by molar-refractivity contribution is 5.85.